The summed E-state index contributed by atoms with van der Waals surface area (Å²) in [6.07, 6.45) is 1.62. The first-order chi connectivity index (χ1) is 11.2. The molecule has 4 aromatic rings. The van der Waals surface area contributed by atoms with Crippen LogP contribution in [0, 0.1) is 6.92 Å². The third kappa shape index (κ3) is 2.58. The number of aryl methyl sites for hydroxylation is 1. The van der Waals surface area contributed by atoms with E-state index in [-0.39, 0.29) is 0 Å². The van der Waals surface area contributed by atoms with Crippen molar-refractivity contribution in [2.75, 3.05) is 0 Å². The first kappa shape index (κ1) is 14.2. The maximum atomic E-state index is 6.08. The van der Waals surface area contributed by atoms with Crippen LogP contribution in [0.4, 0.5) is 0 Å². The van der Waals surface area contributed by atoms with E-state index in [0.29, 0.717) is 28.2 Å². The lowest BCUT2D eigenvalue weighted by atomic mass is 10.2. The van der Waals surface area contributed by atoms with Gasteiger partial charge in [0.1, 0.15) is 18.1 Å². The van der Waals surface area contributed by atoms with E-state index >= 15 is 0 Å². The van der Waals surface area contributed by atoms with Crippen molar-refractivity contribution in [1.29, 1.82) is 0 Å². The minimum atomic E-state index is 0.321. The van der Waals surface area contributed by atoms with Gasteiger partial charge in [0.25, 0.3) is 0 Å². The summed E-state index contributed by atoms with van der Waals surface area (Å²) in [4.78, 5) is 0.707. The molecule has 0 aliphatic heterocycles. The lowest BCUT2D eigenvalue weighted by molar-refractivity contribution is 0.304. The third-order valence-corrected chi connectivity index (χ3v) is 4.50. The Morgan fingerprint density at radius 3 is 2.91 bits per heavy atom. The van der Waals surface area contributed by atoms with E-state index in [0.717, 1.165) is 16.3 Å². The molecule has 0 aliphatic rings. The predicted octanol–water partition coefficient (Wildman–Crippen LogP) is 3.99. The Kier molecular flexibility index (Phi) is 3.51. The van der Waals surface area contributed by atoms with Gasteiger partial charge in [0.2, 0.25) is 4.96 Å². The second-order valence-electron chi connectivity index (χ2n) is 4.82. The monoisotopic (exact) mass is 346 g/mol. The summed E-state index contributed by atoms with van der Waals surface area (Å²) in [6, 6.07) is 9.20. The summed E-state index contributed by atoms with van der Waals surface area (Å²) >= 11 is 7.50. The molecule has 116 valence electrons. The summed E-state index contributed by atoms with van der Waals surface area (Å²) in [5.74, 6) is 2.07. The van der Waals surface area contributed by atoms with Gasteiger partial charge in [-0.3, -0.25) is 0 Å². The molecular weight excluding hydrogens is 336 g/mol. The molecule has 23 heavy (non-hydrogen) atoms. The van der Waals surface area contributed by atoms with Crippen LogP contribution in [-0.2, 0) is 6.61 Å². The highest BCUT2D eigenvalue weighted by atomic mass is 35.5. The molecule has 1 aromatic carbocycles. The molecule has 0 saturated heterocycles. The van der Waals surface area contributed by atoms with Gasteiger partial charge in [0.05, 0.1) is 16.8 Å². The number of hydrogen-bond donors (Lipinski definition) is 0. The fourth-order valence-electron chi connectivity index (χ4n) is 2.20. The largest absolute Gasteiger partial charge is 0.485 e. The highest BCUT2D eigenvalue weighted by molar-refractivity contribution is 7.16. The number of benzene rings is 1. The zero-order valence-electron chi connectivity index (χ0n) is 12.1. The number of para-hydroxylation sites is 1. The molecule has 0 atom stereocenters. The van der Waals surface area contributed by atoms with Crippen LogP contribution in [-0.4, -0.2) is 19.8 Å². The number of furan rings is 1. The van der Waals surface area contributed by atoms with E-state index in [4.69, 9.17) is 20.8 Å². The number of hydrogen-bond acceptors (Lipinski definition) is 6. The van der Waals surface area contributed by atoms with Crippen LogP contribution in [0.2, 0.25) is 5.02 Å². The smallest absolute Gasteiger partial charge is 0.235 e. The Balaban J connectivity index is 1.62. The summed E-state index contributed by atoms with van der Waals surface area (Å²) in [5.41, 5.74) is 0.876. The van der Waals surface area contributed by atoms with Gasteiger partial charge < -0.3 is 9.15 Å². The Labute approximate surface area is 140 Å². The molecule has 0 unspecified atom stereocenters. The molecule has 0 radical (unpaired) electrons. The van der Waals surface area contributed by atoms with Gasteiger partial charge >= 0.3 is 0 Å². The van der Waals surface area contributed by atoms with E-state index < -0.39 is 0 Å². The van der Waals surface area contributed by atoms with Crippen molar-refractivity contribution in [2.45, 2.75) is 13.5 Å². The van der Waals surface area contributed by atoms with E-state index in [2.05, 4.69) is 15.3 Å². The van der Waals surface area contributed by atoms with Gasteiger partial charge in [-0.1, -0.05) is 35.1 Å². The lowest BCUT2D eigenvalue weighted by Crippen LogP contribution is -1.98. The fourth-order valence-corrected chi connectivity index (χ4v) is 3.14. The van der Waals surface area contributed by atoms with Crippen molar-refractivity contribution in [2.24, 2.45) is 0 Å². The van der Waals surface area contributed by atoms with Crippen molar-refractivity contribution in [3.63, 3.8) is 0 Å². The first-order valence-corrected chi connectivity index (χ1v) is 8.05. The molecule has 0 aliphatic carbocycles. The molecule has 8 heteroatoms. The number of rotatable bonds is 4. The van der Waals surface area contributed by atoms with Crippen molar-refractivity contribution in [3.8, 4) is 17.1 Å². The Morgan fingerprint density at radius 1 is 1.26 bits per heavy atom. The lowest BCUT2D eigenvalue weighted by Gasteiger charge is -2.04. The molecule has 0 bridgehead atoms. The van der Waals surface area contributed by atoms with Gasteiger partial charge in [-0.05, 0) is 25.1 Å². The van der Waals surface area contributed by atoms with Gasteiger partial charge in [0.15, 0.2) is 10.8 Å². The molecule has 4 rings (SSSR count). The molecule has 3 heterocycles. The summed E-state index contributed by atoms with van der Waals surface area (Å²) in [6.45, 7) is 2.20. The maximum Gasteiger partial charge on any atom is 0.235 e. The third-order valence-electron chi connectivity index (χ3n) is 3.32. The number of nitrogens with zero attached hydrogens (tertiary/aromatic N) is 4. The molecule has 0 amide bonds. The SMILES string of the molecule is Cc1occc1-c1nnc2sc(COc3ccccc3Cl)nn12. The fraction of sp³-hybridized carbons (Fsp3) is 0.133. The van der Waals surface area contributed by atoms with Gasteiger partial charge in [-0.2, -0.15) is 9.61 Å². The number of fused-ring (bicyclic) bond motifs is 1. The van der Waals surface area contributed by atoms with Crippen LogP contribution in [0.5, 0.6) is 5.75 Å². The van der Waals surface area contributed by atoms with Crippen molar-refractivity contribution in [3.05, 3.63) is 52.4 Å². The van der Waals surface area contributed by atoms with Crippen LogP contribution < -0.4 is 4.74 Å². The first-order valence-electron chi connectivity index (χ1n) is 6.85. The normalized spacial score (nSPS) is 11.2. The molecule has 3 aromatic heterocycles. The molecule has 0 fully saturated rings. The summed E-state index contributed by atoms with van der Waals surface area (Å²) in [5, 5.41) is 14.2. The highest BCUT2D eigenvalue weighted by Gasteiger charge is 2.16. The topological polar surface area (TPSA) is 65.5 Å². The number of halogens is 1. The zero-order chi connectivity index (χ0) is 15.8. The minimum absolute atomic E-state index is 0.321. The second-order valence-corrected chi connectivity index (χ2v) is 6.27. The molecule has 0 N–H and O–H groups in total. The second kappa shape index (κ2) is 5.68. The van der Waals surface area contributed by atoms with Crippen LogP contribution in [0.25, 0.3) is 16.3 Å². The van der Waals surface area contributed by atoms with Crippen LogP contribution in [0.1, 0.15) is 10.8 Å². The van der Waals surface area contributed by atoms with E-state index in [9.17, 15) is 0 Å². The highest BCUT2D eigenvalue weighted by Crippen LogP contribution is 2.27. The van der Waals surface area contributed by atoms with Gasteiger partial charge in [0, 0.05) is 0 Å². The van der Waals surface area contributed by atoms with Gasteiger partial charge in [-0.25, -0.2) is 0 Å². The average molecular weight is 347 g/mol. The molecule has 0 saturated carbocycles. The summed E-state index contributed by atoms with van der Waals surface area (Å²) in [7, 11) is 0. The minimum Gasteiger partial charge on any atom is -0.485 e. The van der Waals surface area contributed by atoms with E-state index in [1.807, 2.05) is 31.2 Å². The quantitative estimate of drug-likeness (QED) is 0.559. The summed E-state index contributed by atoms with van der Waals surface area (Å²) < 4.78 is 12.7. The average Bonchev–Trinajstić information content (AvgIpc) is 3.22. The Bertz CT molecular complexity index is 975. The molecular formula is C15H11ClN4O2S. The van der Waals surface area contributed by atoms with Crippen LogP contribution >= 0.6 is 22.9 Å². The van der Waals surface area contributed by atoms with E-state index in [1.54, 1.807) is 16.8 Å². The van der Waals surface area contributed by atoms with Crippen LogP contribution in [0.15, 0.2) is 41.0 Å². The number of ether oxygens (including phenoxy) is 1. The maximum absolute atomic E-state index is 6.08. The standard InChI is InChI=1S/C15H11ClN4O2S/c1-9-10(6-7-21-9)14-17-18-15-20(14)19-13(23-15)8-22-12-5-3-2-4-11(12)16/h2-7H,8H2,1H3. The van der Waals surface area contributed by atoms with Crippen molar-refractivity contribution < 1.29 is 9.15 Å². The molecule has 0 spiro atoms. The van der Waals surface area contributed by atoms with Crippen molar-refractivity contribution in [1.82, 2.24) is 19.8 Å². The van der Waals surface area contributed by atoms with Gasteiger partial charge in [-0.15, -0.1) is 10.2 Å². The predicted molar refractivity (Wildman–Crippen MR) is 86.9 cm³/mol. The van der Waals surface area contributed by atoms with E-state index in [1.165, 1.54) is 11.3 Å². The number of aromatic nitrogens is 4. The Morgan fingerprint density at radius 2 is 2.13 bits per heavy atom. The van der Waals surface area contributed by atoms with Crippen molar-refractivity contribution >= 4 is 27.9 Å². The molecule has 6 nitrogen and oxygen atoms in total. The Hall–Kier alpha value is -2.38. The van der Waals surface area contributed by atoms with Crippen LogP contribution in [0.3, 0.4) is 0 Å². The zero-order valence-corrected chi connectivity index (χ0v) is 13.6.